The molecule has 1 amide bonds. The van der Waals surface area contributed by atoms with E-state index in [-0.39, 0.29) is 20.8 Å². The van der Waals surface area contributed by atoms with Crippen LogP contribution >= 0.6 is 34.8 Å². The van der Waals surface area contributed by atoms with Crippen molar-refractivity contribution in [2.45, 2.75) is 6.61 Å². The van der Waals surface area contributed by atoms with E-state index in [0.717, 1.165) is 5.56 Å². The smallest absolute Gasteiger partial charge is 0.344 e. The number of amides is 1. The number of carbonyl (C=O) groups excluding carboxylic acids is 2. The van der Waals surface area contributed by atoms with Crippen LogP contribution in [0.25, 0.3) is 0 Å². The molecule has 9 heteroatoms. The first-order valence-electron chi connectivity index (χ1n) is 9.40. The van der Waals surface area contributed by atoms with Crippen molar-refractivity contribution < 1.29 is 23.8 Å². The maximum Gasteiger partial charge on any atom is 0.344 e. The van der Waals surface area contributed by atoms with Gasteiger partial charge in [0.15, 0.2) is 13.2 Å². The third-order valence-electron chi connectivity index (χ3n) is 4.07. The lowest BCUT2D eigenvalue weighted by Gasteiger charge is -2.10. The van der Waals surface area contributed by atoms with Crippen molar-refractivity contribution in [2.24, 2.45) is 0 Å². The van der Waals surface area contributed by atoms with E-state index in [2.05, 4.69) is 5.32 Å². The van der Waals surface area contributed by atoms with Crippen LogP contribution in [0.4, 0.5) is 5.69 Å². The van der Waals surface area contributed by atoms with Gasteiger partial charge >= 0.3 is 5.97 Å². The predicted molar refractivity (Wildman–Crippen MR) is 124 cm³/mol. The van der Waals surface area contributed by atoms with Gasteiger partial charge in [-0.3, -0.25) is 4.79 Å². The highest BCUT2D eigenvalue weighted by atomic mass is 35.5. The van der Waals surface area contributed by atoms with Gasteiger partial charge in [-0.05, 0) is 35.9 Å². The van der Waals surface area contributed by atoms with Gasteiger partial charge in [0.05, 0.1) is 15.1 Å². The fourth-order valence-corrected chi connectivity index (χ4v) is 3.10. The maximum atomic E-state index is 12.0. The molecular formula is C23H18Cl3NO5. The molecule has 3 rings (SSSR count). The SMILES string of the molecule is O=C(COC(=O)COc1cc(Cl)c(Cl)cc1Cl)Nc1ccc(OCc2ccccc2)cc1. The molecule has 0 spiro atoms. The highest BCUT2D eigenvalue weighted by molar-refractivity contribution is 6.43. The number of nitrogens with one attached hydrogen (secondary N) is 1. The van der Waals surface area contributed by atoms with Crippen LogP contribution in [-0.2, 0) is 20.9 Å². The Balaban J connectivity index is 1.39. The minimum Gasteiger partial charge on any atom is -0.489 e. The van der Waals surface area contributed by atoms with Gasteiger partial charge in [-0.25, -0.2) is 4.79 Å². The van der Waals surface area contributed by atoms with Crippen LogP contribution in [0, 0.1) is 0 Å². The lowest BCUT2D eigenvalue weighted by atomic mass is 10.2. The minimum absolute atomic E-state index is 0.178. The number of ether oxygens (including phenoxy) is 3. The topological polar surface area (TPSA) is 73.9 Å². The van der Waals surface area contributed by atoms with Crippen LogP contribution in [0.5, 0.6) is 11.5 Å². The van der Waals surface area contributed by atoms with Crippen molar-refractivity contribution in [3.8, 4) is 11.5 Å². The van der Waals surface area contributed by atoms with Crippen LogP contribution in [0.2, 0.25) is 15.1 Å². The largest absolute Gasteiger partial charge is 0.489 e. The zero-order valence-corrected chi connectivity index (χ0v) is 18.9. The van der Waals surface area contributed by atoms with Gasteiger partial charge in [-0.1, -0.05) is 65.1 Å². The molecule has 0 saturated carbocycles. The fraction of sp³-hybridized carbons (Fsp3) is 0.130. The molecule has 0 aliphatic heterocycles. The zero-order valence-electron chi connectivity index (χ0n) is 16.6. The zero-order chi connectivity index (χ0) is 22.9. The lowest BCUT2D eigenvalue weighted by molar-refractivity contribution is -0.149. The number of benzene rings is 3. The third-order valence-corrected chi connectivity index (χ3v) is 5.09. The lowest BCUT2D eigenvalue weighted by Crippen LogP contribution is -2.23. The molecular weight excluding hydrogens is 477 g/mol. The average Bonchev–Trinajstić information content (AvgIpc) is 2.79. The fourth-order valence-electron chi connectivity index (χ4n) is 2.51. The van der Waals surface area contributed by atoms with Crippen LogP contribution < -0.4 is 14.8 Å². The average molecular weight is 495 g/mol. The molecule has 0 aliphatic carbocycles. The Kier molecular flexibility index (Phi) is 8.62. The minimum atomic E-state index is -0.744. The van der Waals surface area contributed by atoms with E-state index < -0.39 is 25.1 Å². The summed E-state index contributed by atoms with van der Waals surface area (Å²) in [6.07, 6.45) is 0. The second-order valence-corrected chi connectivity index (χ2v) is 7.71. The van der Waals surface area contributed by atoms with E-state index >= 15 is 0 Å². The Morgan fingerprint density at radius 1 is 0.781 bits per heavy atom. The van der Waals surface area contributed by atoms with Crippen molar-refractivity contribution in [3.05, 3.63) is 87.4 Å². The molecule has 3 aromatic rings. The monoisotopic (exact) mass is 493 g/mol. The highest BCUT2D eigenvalue weighted by Gasteiger charge is 2.12. The number of hydrogen-bond donors (Lipinski definition) is 1. The molecule has 0 bridgehead atoms. The Labute approximate surface area is 199 Å². The molecule has 0 radical (unpaired) electrons. The molecule has 0 atom stereocenters. The van der Waals surface area contributed by atoms with E-state index in [9.17, 15) is 9.59 Å². The summed E-state index contributed by atoms with van der Waals surface area (Å²) in [6, 6.07) is 19.4. The van der Waals surface area contributed by atoms with E-state index in [1.54, 1.807) is 24.3 Å². The quantitative estimate of drug-likeness (QED) is 0.301. The number of halogens is 3. The summed E-state index contributed by atoms with van der Waals surface area (Å²) >= 11 is 17.7. The van der Waals surface area contributed by atoms with Gasteiger partial charge < -0.3 is 19.5 Å². The van der Waals surface area contributed by atoms with Gasteiger partial charge in [0, 0.05) is 11.8 Å². The molecule has 0 saturated heterocycles. The molecule has 3 aromatic carbocycles. The molecule has 6 nitrogen and oxygen atoms in total. The second-order valence-electron chi connectivity index (χ2n) is 6.49. The molecule has 0 fully saturated rings. The van der Waals surface area contributed by atoms with Gasteiger partial charge in [0.2, 0.25) is 0 Å². The van der Waals surface area contributed by atoms with Crippen molar-refractivity contribution in [3.63, 3.8) is 0 Å². The van der Waals surface area contributed by atoms with Gasteiger partial charge in [-0.2, -0.15) is 0 Å². The molecule has 0 unspecified atom stereocenters. The van der Waals surface area contributed by atoms with Crippen LogP contribution in [0.1, 0.15) is 5.56 Å². The van der Waals surface area contributed by atoms with Gasteiger partial charge in [0.25, 0.3) is 5.91 Å². The second kappa shape index (κ2) is 11.6. The standard InChI is InChI=1S/C23H18Cl3NO5/c24-18-10-20(26)21(11-19(18)25)31-14-23(29)32-13-22(28)27-16-6-8-17(9-7-16)30-12-15-4-2-1-3-5-15/h1-11H,12-14H2,(H,27,28). The molecule has 0 heterocycles. The van der Waals surface area contributed by atoms with E-state index in [0.29, 0.717) is 18.0 Å². The summed E-state index contributed by atoms with van der Waals surface area (Å²) in [4.78, 5) is 23.8. The number of anilines is 1. The Bertz CT molecular complexity index is 1070. The van der Waals surface area contributed by atoms with Gasteiger partial charge in [-0.15, -0.1) is 0 Å². The third kappa shape index (κ3) is 7.34. The molecule has 0 aliphatic rings. The number of esters is 1. The Hall–Kier alpha value is -2.93. The van der Waals surface area contributed by atoms with Crippen molar-refractivity contribution in [1.82, 2.24) is 0 Å². The van der Waals surface area contributed by atoms with Crippen molar-refractivity contribution in [2.75, 3.05) is 18.5 Å². The van der Waals surface area contributed by atoms with Crippen LogP contribution in [-0.4, -0.2) is 25.1 Å². The number of hydrogen-bond acceptors (Lipinski definition) is 5. The first kappa shape index (κ1) is 23.7. The Morgan fingerprint density at radius 2 is 1.47 bits per heavy atom. The van der Waals surface area contributed by atoms with E-state index in [4.69, 9.17) is 49.0 Å². The first-order valence-corrected chi connectivity index (χ1v) is 10.5. The number of rotatable bonds is 9. The Morgan fingerprint density at radius 3 is 2.19 bits per heavy atom. The van der Waals surface area contributed by atoms with Crippen molar-refractivity contribution >= 4 is 52.4 Å². The molecule has 32 heavy (non-hydrogen) atoms. The van der Waals surface area contributed by atoms with Crippen LogP contribution in [0.3, 0.4) is 0 Å². The summed E-state index contributed by atoms with van der Waals surface area (Å²) < 4.78 is 15.9. The summed E-state index contributed by atoms with van der Waals surface area (Å²) in [6.45, 7) is -0.472. The molecule has 166 valence electrons. The predicted octanol–water partition coefficient (Wildman–Crippen LogP) is 5.79. The van der Waals surface area contributed by atoms with Crippen LogP contribution in [0.15, 0.2) is 66.7 Å². The number of carbonyl (C=O) groups is 2. The summed E-state index contributed by atoms with van der Waals surface area (Å²) in [5.74, 6) is -0.399. The summed E-state index contributed by atoms with van der Waals surface area (Å²) in [5.41, 5.74) is 1.59. The first-order chi connectivity index (χ1) is 15.4. The highest BCUT2D eigenvalue weighted by Crippen LogP contribution is 2.33. The summed E-state index contributed by atoms with van der Waals surface area (Å²) in [5, 5.41) is 3.32. The van der Waals surface area contributed by atoms with Gasteiger partial charge in [0.1, 0.15) is 18.1 Å². The molecule has 0 aromatic heterocycles. The van der Waals surface area contributed by atoms with E-state index in [1.807, 2.05) is 30.3 Å². The van der Waals surface area contributed by atoms with Crippen molar-refractivity contribution in [1.29, 1.82) is 0 Å². The van der Waals surface area contributed by atoms with E-state index in [1.165, 1.54) is 12.1 Å². The maximum absolute atomic E-state index is 12.0. The normalized spacial score (nSPS) is 10.3. The summed E-state index contributed by atoms with van der Waals surface area (Å²) in [7, 11) is 0. The molecule has 1 N–H and O–H groups in total.